The molecule has 2 bridgehead atoms. The third-order valence-electron chi connectivity index (χ3n) is 6.33. The minimum atomic E-state index is -0.0476. The maximum atomic E-state index is 12.7. The molecule has 2 heterocycles. The zero-order valence-electron chi connectivity index (χ0n) is 15.3. The second-order valence-electron chi connectivity index (χ2n) is 8.05. The molecule has 27 heavy (non-hydrogen) atoms. The number of hydrogen-bond acceptors (Lipinski definition) is 2. The van der Waals surface area contributed by atoms with E-state index < -0.39 is 0 Å². The quantitative estimate of drug-likeness (QED) is 0.801. The Morgan fingerprint density at radius 1 is 1.07 bits per heavy atom. The monoisotopic (exact) mass is 381 g/mol. The van der Waals surface area contributed by atoms with Crippen LogP contribution < -0.4 is 10.2 Å². The number of halogens is 1. The van der Waals surface area contributed by atoms with E-state index in [1.807, 2.05) is 29.2 Å². The van der Waals surface area contributed by atoms with Gasteiger partial charge in [0, 0.05) is 42.1 Å². The number of carbonyl (C=O) groups is 1. The van der Waals surface area contributed by atoms with E-state index in [1.165, 1.54) is 37.1 Å². The van der Waals surface area contributed by atoms with E-state index in [2.05, 4.69) is 28.4 Å². The average Bonchev–Trinajstić information content (AvgIpc) is 3.31. The van der Waals surface area contributed by atoms with Crippen molar-refractivity contribution in [3.8, 4) is 0 Å². The van der Waals surface area contributed by atoms with Crippen LogP contribution in [-0.4, -0.2) is 30.1 Å². The molecule has 2 aliphatic heterocycles. The van der Waals surface area contributed by atoms with Gasteiger partial charge in [-0.25, -0.2) is 4.79 Å². The van der Waals surface area contributed by atoms with Gasteiger partial charge in [0.1, 0.15) is 0 Å². The van der Waals surface area contributed by atoms with Crippen molar-refractivity contribution in [1.82, 2.24) is 4.90 Å². The molecule has 140 valence electrons. The van der Waals surface area contributed by atoms with Crippen LogP contribution in [-0.2, 0) is 13.0 Å². The fourth-order valence-corrected chi connectivity index (χ4v) is 5.07. The zero-order valence-corrected chi connectivity index (χ0v) is 16.1. The van der Waals surface area contributed by atoms with Crippen LogP contribution in [0.1, 0.15) is 30.4 Å². The minimum Gasteiger partial charge on any atom is -0.368 e. The number of fused-ring (bicyclic) bond motifs is 3. The largest absolute Gasteiger partial charge is 0.368 e. The van der Waals surface area contributed by atoms with Crippen LogP contribution in [0.3, 0.4) is 0 Å². The molecular weight excluding hydrogens is 358 g/mol. The van der Waals surface area contributed by atoms with Crippen molar-refractivity contribution in [3.63, 3.8) is 0 Å². The summed E-state index contributed by atoms with van der Waals surface area (Å²) >= 11 is 6.10. The maximum absolute atomic E-state index is 12.7. The molecule has 1 aliphatic carbocycles. The molecule has 4 nitrogen and oxygen atoms in total. The van der Waals surface area contributed by atoms with Gasteiger partial charge in [-0.15, -0.1) is 0 Å². The van der Waals surface area contributed by atoms with Crippen molar-refractivity contribution < 1.29 is 4.79 Å². The normalized spacial score (nSPS) is 23.4. The third kappa shape index (κ3) is 3.27. The number of carbonyl (C=O) groups excluding carboxylic acids is 1. The summed E-state index contributed by atoms with van der Waals surface area (Å²) in [7, 11) is 0. The second-order valence-corrected chi connectivity index (χ2v) is 8.48. The van der Waals surface area contributed by atoms with Crippen LogP contribution in [0.4, 0.5) is 16.2 Å². The standard InChI is InChI=1S/C22H24ClN3O/c23-18-3-2-16-9-10-25(14-17(16)12-18)22(27)24-19-4-7-20(8-5-19)26-13-15-1-6-21(26)11-15/h2-5,7-8,12,15,21H,1,6,9-11,13-14H2,(H,24,27). The lowest BCUT2D eigenvalue weighted by molar-refractivity contribution is 0.206. The number of nitrogens with zero attached hydrogens (tertiary/aromatic N) is 2. The molecule has 2 amide bonds. The highest BCUT2D eigenvalue weighted by atomic mass is 35.5. The van der Waals surface area contributed by atoms with Crippen molar-refractivity contribution in [1.29, 1.82) is 0 Å². The van der Waals surface area contributed by atoms with Gasteiger partial charge < -0.3 is 15.1 Å². The van der Waals surface area contributed by atoms with E-state index in [0.717, 1.165) is 41.2 Å². The number of anilines is 2. The SMILES string of the molecule is O=C(Nc1ccc(N2CC3CCC2C3)cc1)N1CCc2ccc(Cl)cc2C1. The van der Waals surface area contributed by atoms with Gasteiger partial charge in [-0.2, -0.15) is 0 Å². The van der Waals surface area contributed by atoms with Crippen LogP contribution >= 0.6 is 11.6 Å². The van der Waals surface area contributed by atoms with E-state index in [0.29, 0.717) is 6.54 Å². The van der Waals surface area contributed by atoms with Crippen molar-refractivity contribution in [2.24, 2.45) is 5.92 Å². The number of hydrogen-bond donors (Lipinski definition) is 1. The summed E-state index contributed by atoms with van der Waals surface area (Å²) in [5.41, 5.74) is 4.56. The van der Waals surface area contributed by atoms with Crippen molar-refractivity contribution in [2.75, 3.05) is 23.3 Å². The minimum absolute atomic E-state index is 0.0476. The van der Waals surface area contributed by atoms with E-state index in [1.54, 1.807) is 0 Å². The van der Waals surface area contributed by atoms with Crippen molar-refractivity contribution in [2.45, 2.75) is 38.3 Å². The van der Waals surface area contributed by atoms with Gasteiger partial charge in [0.05, 0.1) is 0 Å². The van der Waals surface area contributed by atoms with Gasteiger partial charge >= 0.3 is 6.03 Å². The molecule has 5 heteroatoms. The number of nitrogens with one attached hydrogen (secondary N) is 1. The van der Waals surface area contributed by atoms with E-state index in [9.17, 15) is 4.79 Å². The first-order valence-electron chi connectivity index (χ1n) is 9.85. The first-order valence-corrected chi connectivity index (χ1v) is 10.2. The Morgan fingerprint density at radius 3 is 2.67 bits per heavy atom. The van der Waals surface area contributed by atoms with E-state index in [-0.39, 0.29) is 6.03 Å². The number of benzene rings is 2. The molecule has 0 aromatic heterocycles. The number of rotatable bonds is 2. The second kappa shape index (κ2) is 6.75. The predicted molar refractivity (Wildman–Crippen MR) is 110 cm³/mol. The summed E-state index contributed by atoms with van der Waals surface area (Å²) in [5, 5.41) is 3.77. The number of urea groups is 1. The third-order valence-corrected chi connectivity index (χ3v) is 6.56. The summed E-state index contributed by atoms with van der Waals surface area (Å²) in [6.45, 7) is 2.53. The first kappa shape index (κ1) is 16.9. The molecular formula is C22H24ClN3O. The molecule has 2 aromatic carbocycles. The summed E-state index contributed by atoms with van der Waals surface area (Å²) in [6.07, 6.45) is 4.93. The van der Waals surface area contributed by atoms with Crippen molar-refractivity contribution in [3.05, 3.63) is 58.6 Å². The van der Waals surface area contributed by atoms with Gasteiger partial charge in [0.15, 0.2) is 0 Å². The van der Waals surface area contributed by atoms with Gasteiger partial charge in [-0.3, -0.25) is 0 Å². The maximum Gasteiger partial charge on any atom is 0.322 e. The highest BCUT2D eigenvalue weighted by Crippen LogP contribution is 2.40. The van der Waals surface area contributed by atoms with Crippen LogP contribution in [0, 0.1) is 5.92 Å². The molecule has 2 fully saturated rings. The molecule has 0 radical (unpaired) electrons. The predicted octanol–water partition coefficient (Wildman–Crippen LogP) is 4.92. The highest BCUT2D eigenvalue weighted by Gasteiger charge is 2.37. The molecule has 1 N–H and O–H groups in total. The molecule has 5 rings (SSSR count). The molecule has 3 aliphatic rings. The summed E-state index contributed by atoms with van der Waals surface area (Å²) in [5.74, 6) is 0.880. The van der Waals surface area contributed by atoms with Crippen LogP contribution in [0.25, 0.3) is 0 Å². The Bertz CT molecular complexity index is 866. The summed E-state index contributed by atoms with van der Waals surface area (Å²) in [4.78, 5) is 17.1. The Hall–Kier alpha value is -2.20. The summed E-state index contributed by atoms with van der Waals surface area (Å²) in [6, 6.07) is 14.9. The zero-order chi connectivity index (χ0) is 18.4. The molecule has 1 saturated carbocycles. The Kier molecular flexibility index (Phi) is 4.24. The van der Waals surface area contributed by atoms with Gasteiger partial charge in [0.2, 0.25) is 0 Å². The number of amides is 2. The van der Waals surface area contributed by atoms with Crippen LogP contribution in [0.2, 0.25) is 5.02 Å². The number of piperidine rings is 1. The Labute approximate surface area is 165 Å². The highest BCUT2D eigenvalue weighted by molar-refractivity contribution is 6.30. The lowest BCUT2D eigenvalue weighted by atomic mass is 10.0. The fraction of sp³-hybridized carbons (Fsp3) is 0.409. The lowest BCUT2D eigenvalue weighted by Crippen LogP contribution is -2.38. The van der Waals surface area contributed by atoms with Gasteiger partial charge in [-0.05, 0) is 79.1 Å². The molecule has 2 unspecified atom stereocenters. The molecule has 2 aromatic rings. The fourth-order valence-electron chi connectivity index (χ4n) is 4.88. The van der Waals surface area contributed by atoms with Gasteiger partial charge in [-0.1, -0.05) is 17.7 Å². The molecule has 1 saturated heterocycles. The Morgan fingerprint density at radius 2 is 1.93 bits per heavy atom. The molecule has 0 spiro atoms. The van der Waals surface area contributed by atoms with Crippen molar-refractivity contribution >= 4 is 29.0 Å². The Balaban J connectivity index is 1.23. The lowest BCUT2D eigenvalue weighted by Gasteiger charge is -2.30. The van der Waals surface area contributed by atoms with E-state index in [4.69, 9.17) is 11.6 Å². The van der Waals surface area contributed by atoms with Gasteiger partial charge in [0.25, 0.3) is 0 Å². The van der Waals surface area contributed by atoms with E-state index >= 15 is 0 Å². The first-order chi connectivity index (χ1) is 13.2. The average molecular weight is 382 g/mol. The molecule has 2 atom stereocenters. The summed E-state index contributed by atoms with van der Waals surface area (Å²) < 4.78 is 0. The smallest absolute Gasteiger partial charge is 0.322 e. The van der Waals surface area contributed by atoms with Crippen LogP contribution in [0.15, 0.2) is 42.5 Å². The topological polar surface area (TPSA) is 35.6 Å². The van der Waals surface area contributed by atoms with Crippen LogP contribution in [0.5, 0.6) is 0 Å².